The maximum atomic E-state index is 5.69. The first-order valence-corrected chi connectivity index (χ1v) is 5.87. The zero-order chi connectivity index (χ0) is 13.2. The van der Waals surface area contributed by atoms with Gasteiger partial charge in [0.25, 0.3) is 0 Å². The van der Waals surface area contributed by atoms with Crippen molar-refractivity contribution in [2.45, 2.75) is 13.5 Å². The van der Waals surface area contributed by atoms with E-state index in [0.29, 0.717) is 23.9 Å². The maximum absolute atomic E-state index is 5.69. The summed E-state index contributed by atoms with van der Waals surface area (Å²) >= 11 is 0. The molecule has 0 saturated heterocycles. The molecule has 3 rings (SSSR count). The van der Waals surface area contributed by atoms with Gasteiger partial charge in [-0.2, -0.15) is 0 Å². The topological polar surface area (TPSA) is 78.3 Å². The largest absolute Gasteiger partial charge is 0.486 e. The van der Waals surface area contributed by atoms with Crippen LogP contribution in [0, 0.1) is 6.92 Å². The number of nitrogen functional groups attached to an aromatic ring is 1. The second-order valence-corrected chi connectivity index (χ2v) is 4.24. The number of ether oxygens (including phenoxy) is 1. The molecule has 6 nitrogen and oxygen atoms in total. The van der Waals surface area contributed by atoms with E-state index in [9.17, 15) is 0 Å². The number of nitrogens with two attached hydrogens (primary N) is 1. The zero-order valence-electron chi connectivity index (χ0n) is 10.4. The monoisotopic (exact) mass is 255 g/mol. The first-order chi connectivity index (χ1) is 9.22. The molecule has 0 aliphatic rings. The number of rotatable bonds is 3. The van der Waals surface area contributed by atoms with Crippen LogP contribution in [0.15, 0.2) is 36.7 Å². The van der Waals surface area contributed by atoms with E-state index in [4.69, 9.17) is 10.5 Å². The lowest BCUT2D eigenvalue weighted by Gasteiger charge is -2.05. The molecule has 0 bridgehead atoms. The second kappa shape index (κ2) is 4.56. The number of nitrogens with zero attached hydrogens (tertiary/aromatic N) is 4. The Labute approximate surface area is 109 Å². The van der Waals surface area contributed by atoms with Gasteiger partial charge in [0.2, 0.25) is 0 Å². The minimum atomic E-state index is 0.315. The van der Waals surface area contributed by atoms with Gasteiger partial charge in [-0.15, -0.1) is 10.2 Å². The highest BCUT2D eigenvalue weighted by Crippen LogP contribution is 2.16. The molecule has 2 aromatic heterocycles. The van der Waals surface area contributed by atoms with Gasteiger partial charge >= 0.3 is 0 Å². The van der Waals surface area contributed by atoms with E-state index < -0.39 is 0 Å². The molecule has 0 radical (unpaired) electrons. The minimum Gasteiger partial charge on any atom is -0.486 e. The molecule has 19 heavy (non-hydrogen) atoms. The van der Waals surface area contributed by atoms with E-state index >= 15 is 0 Å². The highest BCUT2D eigenvalue weighted by Gasteiger charge is 2.06. The number of hydrogen-bond acceptors (Lipinski definition) is 5. The van der Waals surface area contributed by atoms with Gasteiger partial charge in [-0.05, 0) is 19.1 Å². The van der Waals surface area contributed by atoms with Gasteiger partial charge in [0.05, 0.1) is 0 Å². The Morgan fingerprint density at radius 1 is 1.26 bits per heavy atom. The Bertz CT molecular complexity index is 722. The molecule has 96 valence electrons. The van der Waals surface area contributed by atoms with Crippen LogP contribution in [-0.4, -0.2) is 19.6 Å². The van der Waals surface area contributed by atoms with Crippen molar-refractivity contribution in [3.05, 3.63) is 48.2 Å². The predicted octanol–water partition coefficient (Wildman–Crippen LogP) is 1.59. The Morgan fingerprint density at radius 3 is 3.00 bits per heavy atom. The summed E-state index contributed by atoms with van der Waals surface area (Å²) in [7, 11) is 0. The van der Waals surface area contributed by atoms with Crippen molar-refractivity contribution in [1.29, 1.82) is 0 Å². The number of aromatic nitrogens is 4. The highest BCUT2D eigenvalue weighted by atomic mass is 16.5. The fourth-order valence-electron chi connectivity index (χ4n) is 1.79. The molecule has 0 atom stereocenters. The molecule has 0 saturated carbocycles. The molecule has 0 aliphatic heterocycles. The van der Waals surface area contributed by atoms with Crippen LogP contribution < -0.4 is 10.5 Å². The van der Waals surface area contributed by atoms with Crippen molar-refractivity contribution in [3.63, 3.8) is 0 Å². The first kappa shape index (κ1) is 11.5. The number of aryl methyl sites for hydroxylation is 1. The molecule has 2 heterocycles. The second-order valence-electron chi connectivity index (χ2n) is 4.24. The Morgan fingerprint density at radius 2 is 2.16 bits per heavy atom. The van der Waals surface area contributed by atoms with Crippen LogP contribution in [0.25, 0.3) is 5.65 Å². The van der Waals surface area contributed by atoms with Crippen molar-refractivity contribution in [2.75, 3.05) is 5.73 Å². The number of anilines is 1. The van der Waals surface area contributed by atoms with Crippen LogP contribution in [0.5, 0.6) is 5.75 Å². The number of hydrogen-bond donors (Lipinski definition) is 1. The van der Waals surface area contributed by atoms with Gasteiger partial charge in [0, 0.05) is 23.5 Å². The molecular formula is C13H13N5O. The van der Waals surface area contributed by atoms with E-state index in [1.807, 2.05) is 31.2 Å². The maximum Gasteiger partial charge on any atom is 0.176 e. The summed E-state index contributed by atoms with van der Waals surface area (Å²) < 4.78 is 7.44. The van der Waals surface area contributed by atoms with E-state index in [2.05, 4.69) is 15.2 Å². The average Bonchev–Trinajstić information content (AvgIpc) is 2.78. The molecule has 3 aromatic rings. The summed E-state index contributed by atoms with van der Waals surface area (Å²) in [6.45, 7) is 2.23. The molecule has 0 unspecified atom stereocenters. The van der Waals surface area contributed by atoms with E-state index in [-0.39, 0.29) is 0 Å². The average molecular weight is 255 g/mol. The molecule has 2 N–H and O–H groups in total. The lowest BCUT2D eigenvalue weighted by molar-refractivity contribution is 0.294. The van der Waals surface area contributed by atoms with Crippen molar-refractivity contribution in [3.8, 4) is 5.75 Å². The number of benzene rings is 1. The third kappa shape index (κ3) is 2.33. The standard InChI is InChI=1S/C13H13N5O/c1-9-5-12-16-17-13(18(12)8-15-9)7-19-11-4-2-3-10(14)6-11/h2-6,8H,7,14H2,1H3. The molecule has 0 fully saturated rings. The smallest absolute Gasteiger partial charge is 0.176 e. The molecule has 1 aromatic carbocycles. The van der Waals surface area contributed by atoms with Crippen LogP contribution in [0.4, 0.5) is 5.69 Å². The predicted molar refractivity (Wildman–Crippen MR) is 70.7 cm³/mol. The number of fused-ring (bicyclic) bond motifs is 1. The highest BCUT2D eigenvalue weighted by molar-refractivity contribution is 5.43. The third-order valence-electron chi connectivity index (χ3n) is 2.73. The van der Waals surface area contributed by atoms with Gasteiger partial charge < -0.3 is 10.5 Å². The quantitative estimate of drug-likeness (QED) is 0.719. The summed E-state index contributed by atoms with van der Waals surface area (Å²) in [5, 5.41) is 8.17. The fraction of sp³-hybridized carbons (Fsp3) is 0.154. The third-order valence-corrected chi connectivity index (χ3v) is 2.73. The van der Waals surface area contributed by atoms with E-state index in [0.717, 1.165) is 11.3 Å². The van der Waals surface area contributed by atoms with Gasteiger partial charge in [0.15, 0.2) is 11.5 Å². The SMILES string of the molecule is Cc1cc2nnc(COc3cccc(N)c3)n2cn1. The molecule has 0 spiro atoms. The summed E-state index contributed by atoms with van der Waals surface area (Å²) in [6, 6.07) is 9.15. The summed E-state index contributed by atoms with van der Waals surface area (Å²) in [5.41, 5.74) is 8.03. The van der Waals surface area contributed by atoms with Gasteiger partial charge in [-0.25, -0.2) is 4.98 Å². The summed E-state index contributed by atoms with van der Waals surface area (Å²) in [4.78, 5) is 4.22. The van der Waals surface area contributed by atoms with Crippen LogP contribution in [0.2, 0.25) is 0 Å². The van der Waals surface area contributed by atoms with Crippen molar-refractivity contribution in [1.82, 2.24) is 19.6 Å². The normalized spacial score (nSPS) is 10.8. The molecule has 6 heteroatoms. The van der Waals surface area contributed by atoms with Gasteiger partial charge in [-0.1, -0.05) is 6.07 Å². The summed E-state index contributed by atoms with van der Waals surface area (Å²) in [6.07, 6.45) is 1.70. The van der Waals surface area contributed by atoms with Crippen molar-refractivity contribution >= 4 is 11.3 Å². The first-order valence-electron chi connectivity index (χ1n) is 5.87. The molecule has 0 amide bonds. The lowest BCUT2D eigenvalue weighted by atomic mass is 10.3. The lowest BCUT2D eigenvalue weighted by Crippen LogP contribution is -2.02. The minimum absolute atomic E-state index is 0.315. The van der Waals surface area contributed by atoms with Crippen LogP contribution in [0.1, 0.15) is 11.5 Å². The zero-order valence-corrected chi connectivity index (χ0v) is 10.4. The van der Waals surface area contributed by atoms with Gasteiger partial charge in [0.1, 0.15) is 18.7 Å². The molecular weight excluding hydrogens is 242 g/mol. The van der Waals surface area contributed by atoms with E-state index in [1.54, 1.807) is 16.8 Å². The fourth-order valence-corrected chi connectivity index (χ4v) is 1.79. The van der Waals surface area contributed by atoms with Crippen LogP contribution >= 0.6 is 0 Å². The van der Waals surface area contributed by atoms with Crippen molar-refractivity contribution in [2.24, 2.45) is 0 Å². The van der Waals surface area contributed by atoms with Gasteiger partial charge in [-0.3, -0.25) is 4.40 Å². The van der Waals surface area contributed by atoms with Crippen molar-refractivity contribution < 1.29 is 4.74 Å². The Hall–Kier alpha value is -2.63. The van der Waals surface area contributed by atoms with Crippen LogP contribution in [-0.2, 0) is 6.61 Å². The van der Waals surface area contributed by atoms with Crippen LogP contribution in [0.3, 0.4) is 0 Å². The summed E-state index contributed by atoms with van der Waals surface area (Å²) in [5.74, 6) is 1.40. The molecule has 0 aliphatic carbocycles. The van der Waals surface area contributed by atoms with E-state index in [1.165, 1.54) is 0 Å². The Balaban J connectivity index is 1.82. The Kier molecular flexibility index (Phi) is 2.75.